The summed E-state index contributed by atoms with van der Waals surface area (Å²) in [6.07, 6.45) is 1.75. The first-order valence-electron chi connectivity index (χ1n) is 10.6. The number of carbonyl (C=O) groups is 1. The van der Waals surface area contributed by atoms with Crippen LogP contribution in [0.25, 0.3) is 11.3 Å². The summed E-state index contributed by atoms with van der Waals surface area (Å²) in [7, 11) is 0. The molecule has 0 fully saturated rings. The first kappa shape index (κ1) is 23.6. The van der Waals surface area contributed by atoms with Gasteiger partial charge in [0.1, 0.15) is 11.5 Å². The zero-order valence-corrected chi connectivity index (χ0v) is 21.3. The van der Waals surface area contributed by atoms with Gasteiger partial charge < -0.3 is 9.88 Å². The van der Waals surface area contributed by atoms with E-state index in [2.05, 4.69) is 10.4 Å². The van der Waals surface area contributed by atoms with E-state index in [9.17, 15) is 9.59 Å². The summed E-state index contributed by atoms with van der Waals surface area (Å²) < 4.78 is 3.57. The monoisotopic (exact) mass is 540 g/mol. The van der Waals surface area contributed by atoms with Gasteiger partial charge in [-0.2, -0.15) is 9.78 Å². The van der Waals surface area contributed by atoms with Crippen LogP contribution in [0.1, 0.15) is 20.1 Å². The summed E-state index contributed by atoms with van der Waals surface area (Å²) in [5.74, 6) is 0.0471. The fourth-order valence-corrected chi connectivity index (χ4v) is 5.54. The van der Waals surface area contributed by atoms with Crippen LogP contribution < -0.4 is 10.9 Å². The van der Waals surface area contributed by atoms with E-state index in [1.807, 2.05) is 29.6 Å². The predicted molar refractivity (Wildman–Crippen MR) is 143 cm³/mol. The lowest BCUT2D eigenvalue weighted by Gasteiger charge is -2.09. The minimum absolute atomic E-state index is 0.188. The highest BCUT2D eigenvalue weighted by molar-refractivity contribution is 7.16. The SMILES string of the molecule is O=C(c1ccccc1Cl)n1nc(-c2cccn(Cc3cccs3)c2=O)cc1NCc1ccc(Cl)s1. The van der Waals surface area contributed by atoms with Gasteiger partial charge in [0.15, 0.2) is 0 Å². The van der Waals surface area contributed by atoms with Gasteiger partial charge in [-0.25, -0.2) is 0 Å². The molecule has 0 radical (unpaired) electrons. The van der Waals surface area contributed by atoms with Gasteiger partial charge in [-0.3, -0.25) is 9.59 Å². The lowest BCUT2D eigenvalue weighted by molar-refractivity contribution is 0.0948. The van der Waals surface area contributed by atoms with Crippen molar-refractivity contribution in [1.29, 1.82) is 0 Å². The lowest BCUT2D eigenvalue weighted by atomic mass is 10.2. The molecule has 4 aromatic heterocycles. The molecule has 4 heterocycles. The Morgan fingerprint density at radius 2 is 1.86 bits per heavy atom. The van der Waals surface area contributed by atoms with Crippen molar-refractivity contribution in [2.75, 3.05) is 5.32 Å². The summed E-state index contributed by atoms with van der Waals surface area (Å²) in [4.78, 5) is 28.7. The maximum absolute atomic E-state index is 13.4. The third-order valence-electron chi connectivity index (χ3n) is 5.28. The number of anilines is 1. The summed E-state index contributed by atoms with van der Waals surface area (Å²) >= 11 is 15.4. The molecule has 0 saturated heterocycles. The van der Waals surface area contributed by atoms with Crippen molar-refractivity contribution < 1.29 is 4.79 Å². The molecule has 5 rings (SSSR count). The molecule has 176 valence electrons. The average Bonchev–Trinajstić information content (AvgIpc) is 3.60. The van der Waals surface area contributed by atoms with Gasteiger partial charge in [-0.15, -0.1) is 22.7 Å². The van der Waals surface area contributed by atoms with Gasteiger partial charge in [-0.05, 0) is 47.8 Å². The van der Waals surface area contributed by atoms with E-state index in [4.69, 9.17) is 23.2 Å². The molecule has 0 aliphatic rings. The largest absolute Gasteiger partial charge is 0.365 e. The molecule has 6 nitrogen and oxygen atoms in total. The number of rotatable bonds is 7. The number of nitrogens with one attached hydrogen (secondary N) is 1. The van der Waals surface area contributed by atoms with E-state index in [0.717, 1.165) is 9.75 Å². The molecule has 1 N–H and O–H groups in total. The predicted octanol–water partition coefficient (Wildman–Crippen LogP) is 6.49. The Labute approximate surface area is 219 Å². The second-order valence-electron chi connectivity index (χ2n) is 7.61. The third kappa shape index (κ3) is 5.11. The Kier molecular flexibility index (Phi) is 6.88. The van der Waals surface area contributed by atoms with E-state index < -0.39 is 5.91 Å². The molecule has 0 saturated carbocycles. The van der Waals surface area contributed by atoms with Crippen molar-refractivity contribution >= 4 is 57.6 Å². The van der Waals surface area contributed by atoms with E-state index in [0.29, 0.717) is 45.1 Å². The van der Waals surface area contributed by atoms with Crippen LogP contribution in [-0.4, -0.2) is 20.3 Å². The third-order valence-corrected chi connectivity index (χ3v) is 7.70. The van der Waals surface area contributed by atoms with Crippen molar-refractivity contribution in [3.8, 4) is 11.3 Å². The normalized spacial score (nSPS) is 11.0. The topological polar surface area (TPSA) is 68.9 Å². The van der Waals surface area contributed by atoms with Crippen LogP contribution in [-0.2, 0) is 13.1 Å². The Hall–Kier alpha value is -3.17. The molecule has 0 aliphatic carbocycles. The minimum atomic E-state index is -0.400. The molecule has 0 aliphatic heterocycles. The van der Waals surface area contributed by atoms with Crippen molar-refractivity contribution in [3.05, 3.63) is 113 Å². The molecule has 0 unspecified atom stereocenters. The highest BCUT2D eigenvalue weighted by Gasteiger charge is 2.21. The van der Waals surface area contributed by atoms with Crippen LogP contribution in [0.4, 0.5) is 5.82 Å². The molecule has 0 atom stereocenters. The minimum Gasteiger partial charge on any atom is -0.365 e. The summed E-state index contributed by atoms with van der Waals surface area (Å²) in [6.45, 7) is 0.906. The average molecular weight is 541 g/mol. The van der Waals surface area contributed by atoms with Gasteiger partial charge in [0.2, 0.25) is 0 Å². The number of hydrogen-bond acceptors (Lipinski definition) is 6. The summed E-state index contributed by atoms with van der Waals surface area (Å²) in [6, 6.07) is 19.7. The molecule has 0 bridgehead atoms. The molecule has 10 heteroatoms. The van der Waals surface area contributed by atoms with Gasteiger partial charge >= 0.3 is 0 Å². The second kappa shape index (κ2) is 10.2. The number of hydrogen-bond donors (Lipinski definition) is 1. The molecule has 35 heavy (non-hydrogen) atoms. The van der Waals surface area contributed by atoms with Crippen LogP contribution in [0.15, 0.2) is 83.1 Å². The number of halogens is 2. The van der Waals surface area contributed by atoms with Crippen molar-refractivity contribution in [1.82, 2.24) is 14.3 Å². The van der Waals surface area contributed by atoms with Gasteiger partial charge in [0.25, 0.3) is 11.5 Å². The van der Waals surface area contributed by atoms with E-state index in [1.165, 1.54) is 16.0 Å². The number of thiophene rings is 2. The van der Waals surface area contributed by atoms with Crippen LogP contribution in [0.5, 0.6) is 0 Å². The Bertz CT molecular complexity index is 1550. The summed E-state index contributed by atoms with van der Waals surface area (Å²) in [5, 5.41) is 10.1. The van der Waals surface area contributed by atoms with Crippen LogP contribution >= 0.6 is 45.9 Å². The van der Waals surface area contributed by atoms with Crippen LogP contribution in [0.3, 0.4) is 0 Å². The van der Waals surface area contributed by atoms with Gasteiger partial charge in [0, 0.05) is 22.0 Å². The fourth-order valence-electron chi connectivity index (χ4n) is 3.59. The van der Waals surface area contributed by atoms with Gasteiger partial charge in [0.05, 0.1) is 33.6 Å². The number of pyridine rings is 1. The van der Waals surface area contributed by atoms with Crippen molar-refractivity contribution in [3.63, 3.8) is 0 Å². The molecule has 0 spiro atoms. The number of aromatic nitrogens is 3. The zero-order chi connectivity index (χ0) is 24.4. The van der Waals surface area contributed by atoms with Crippen molar-refractivity contribution in [2.24, 2.45) is 0 Å². The number of nitrogens with zero attached hydrogens (tertiary/aromatic N) is 3. The van der Waals surface area contributed by atoms with E-state index in [1.54, 1.807) is 64.6 Å². The Balaban J connectivity index is 1.54. The highest BCUT2D eigenvalue weighted by Crippen LogP contribution is 2.26. The highest BCUT2D eigenvalue weighted by atomic mass is 35.5. The zero-order valence-electron chi connectivity index (χ0n) is 18.2. The summed E-state index contributed by atoms with van der Waals surface area (Å²) in [5.41, 5.74) is 0.918. The molecular formula is C25H18Cl2N4O2S2. The first-order chi connectivity index (χ1) is 17.0. The van der Waals surface area contributed by atoms with Gasteiger partial charge in [-0.1, -0.05) is 41.4 Å². The maximum atomic E-state index is 13.4. The first-order valence-corrected chi connectivity index (χ1v) is 13.0. The molecule has 1 aromatic carbocycles. The van der Waals surface area contributed by atoms with E-state index >= 15 is 0 Å². The number of benzene rings is 1. The molecular weight excluding hydrogens is 523 g/mol. The van der Waals surface area contributed by atoms with Crippen LogP contribution in [0.2, 0.25) is 9.36 Å². The molecule has 5 aromatic rings. The van der Waals surface area contributed by atoms with Crippen molar-refractivity contribution in [2.45, 2.75) is 13.1 Å². The fraction of sp³-hybridized carbons (Fsp3) is 0.0800. The smallest absolute Gasteiger partial charge is 0.281 e. The standard InChI is InChI=1S/C25H18Cl2N4O2S2/c26-20-8-2-1-6-18(20)25(33)31-23(28-14-16-9-10-22(27)35-16)13-21(29-31)19-7-3-11-30(24(19)32)15-17-5-4-12-34-17/h1-13,28H,14-15H2. The Morgan fingerprint density at radius 3 is 2.60 bits per heavy atom. The van der Waals surface area contributed by atoms with Crippen LogP contribution in [0, 0.1) is 0 Å². The molecule has 0 amide bonds. The van der Waals surface area contributed by atoms with E-state index in [-0.39, 0.29) is 5.56 Å². The second-order valence-corrected chi connectivity index (χ2v) is 10.8. The lowest BCUT2D eigenvalue weighted by Crippen LogP contribution is -2.21. The number of carbonyl (C=O) groups excluding carboxylic acids is 1. The maximum Gasteiger partial charge on any atom is 0.281 e. The Morgan fingerprint density at radius 1 is 1.00 bits per heavy atom. The quantitative estimate of drug-likeness (QED) is 0.256.